The predicted molar refractivity (Wildman–Crippen MR) is 121 cm³/mol. The van der Waals surface area contributed by atoms with Crippen molar-refractivity contribution >= 4 is 23.8 Å². The van der Waals surface area contributed by atoms with Gasteiger partial charge in [-0.05, 0) is 55.3 Å². The van der Waals surface area contributed by atoms with E-state index >= 15 is 0 Å². The molecule has 0 fully saturated rings. The number of hydrogen-bond donors (Lipinski definition) is 1. The molecule has 6 heteroatoms. The highest BCUT2D eigenvalue weighted by Crippen LogP contribution is 2.30. The van der Waals surface area contributed by atoms with Gasteiger partial charge < -0.3 is 14.6 Å². The first kappa shape index (κ1) is 21.7. The number of pyridine rings is 1. The van der Waals surface area contributed by atoms with Crippen LogP contribution in [0.25, 0.3) is 17.8 Å². The Kier molecular flexibility index (Phi) is 6.65. The van der Waals surface area contributed by atoms with Crippen LogP contribution in [0.5, 0.6) is 11.5 Å². The Morgan fingerprint density at radius 2 is 1.70 bits per heavy atom. The van der Waals surface area contributed by atoms with Crippen molar-refractivity contribution in [2.75, 3.05) is 13.7 Å². The molecule has 1 aromatic heterocycles. The van der Waals surface area contributed by atoms with Crippen molar-refractivity contribution in [3.8, 4) is 17.2 Å². The topological polar surface area (TPSA) is 60.7 Å². The van der Waals surface area contributed by atoms with Crippen molar-refractivity contribution in [2.45, 2.75) is 19.4 Å². The number of halogens is 1. The first-order valence-corrected chi connectivity index (χ1v) is 9.83. The molecule has 2 aromatic carbocycles. The van der Waals surface area contributed by atoms with Crippen LogP contribution in [-0.2, 0) is 0 Å². The Morgan fingerprint density at radius 3 is 2.33 bits per heavy atom. The summed E-state index contributed by atoms with van der Waals surface area (Å²) in [5.41, 5.74) is 1.31. The maximum Gasteiger partial charge on any atom is 0.255 e. The minimum Gasteiger partial charge on any atom is -0.493 e. The fraction of sp³-hybridized carbons (Fsp3) is 0.208. The zero-order valence-electron chi connectivity index (χ0n) is 17.1. The van der Waals surface area contributed by atoms with Crippen LogP contribution in [0.4, 0.5) is 0 Å². The van der Waals surface area contributed by atoms with Crippen molar-refractivity contribution in [3.05, 3.63) is 87.3 Å². The van der Waals surface area contributed by atoms with Crippen molar-refractivity contribution < 1.29 is 14.6 Å². The number of methoxy groups -OCH3 is 1. The lowest BCUT2D eigenvalue weighted by Crippen LogP contribution is -2.28. The lowest BCUT2D eigenvalue weighted by atomic mass is 10.1. The standard InChI is InChI=1S/C24H24ClNO4/c1-24(2,28)16-30-21-11-10-20(15-22(21)29-3)26-13-12-18(14-23(26)27)5-4-17-6-8-19(25)9-7-17/h4-15,28H,16H2,1-3H3. The molecule has 0 radical (unpaired) electrons. The zero-order chi connectivity index (χ0) is 21.7. The molecule has 5 nitrogen and oxygen atoms in total. The third-order valence-corrected chi connectivity index (χ3v) is 4.54. The molecule has 0 saturated carbocycles. The average Bonchev–Trinajstić information content (AvgIpc) is 2.71. The SMILES string of the molecule is COc1cc(-n2ccc(C=Cc3ccc(Cl)cc3)cc2=O)ccc1OCC(C)(C)O. The number of aromatic nitrogens is 1. The summed E-state index contributed by atoms with van der Waals surface area (Å²) in [4.78, 5) is 12.6. The molecular formula is C24H24ClNO4. The highest BCUT2D eigenvalue weighted by atomic mass is 35.5. The second kappa shape index (κ2) is 9.20. The Hall–Kier alpha value is -3.02. The Balaban J connectivity index is 1.82. The van der Waals surface area contributed by atoms with Crippen molar-refractivity contribution in [2.24, 2.45) is 0 Å². The van der Waals surface area contributed by atoms with Gasteiger partial charge in [0.25, 0.3) is 5.56 Å². The first-order chi connectivity index (χ1) is 14.2. The monoisotopic (exact) mass is 425 g/mol. The lowest BCUT2D eigenvalue weighted by Gasteiger charge is -2.19. The summed E-state index contributed by atoms with van der Waals surface area (Å²) in [5, 5.41) is 10.5. The van der Waals surface area contributed by atoms with Gasteiger partial charge in [-0.25, -0.2) is 0 Å². The Bertz CT molecular complexity index is 1100. The first-order valence-electron chi connectivity index (χ1n) is 9.45. The van der Waals surface area contributed by atoms with E-state index in [9.17, 15) is 9.90 Å². The molecule has 3 aromatic rings. The van der Waals surface area contributed by atoms with Crippen molar-refractivity contribution in [1.29, 1.82) is 0 Å². The highest BCUT2D eigenvalue weighted by Gasteiger charge is 2.15. The molecule has 3 rings (SSSR count). The van der Waals surface area contributed by atoms with Crippen LogP contribution >= 0.6 is 11.6 Å². The second-order valence-corrected chi connectivity index (χ2v) is 7.93. The van der Waals surface area contributed by atoms with E-state index in [0.29, 0.717) is 22.2 Å². The Labute approximate surface area is 180 Å². The van der Waals surface area contributed by atoms with Crippen LogP contribution in [0.15, 0.2) is 65.6 Å². The molecule has 0 unspecified atom stereocenters. The lowest BCUT2D eigenvalue weighted by molar-refractivity contribution is 0.0276. The molecule has 156 valence electrons. The normalized spacial score (nSPS) is 11.6. The van der Waals surface area contributed by atoms with Crippen LogP contribution in [0.3, 0.4) is 0 Å². The highest BCUT2D eigenvalue weighted by molar-refractivity contribution is 6.30. The quantitative estimate of drug-likeness (QED) is 0.589. The van der Waals surface area contributed by atoms with E-state index in [2.05, 4.69) is 0 Å². The molecule has 0 aliphatic heterocycles. The van der Waals surface area contributed by atoms with E-state index in [0.717, 1.165) is 11.1 Å². The number of hydrogen-bond acceptors (Lipinski definition) is 4. The van der Waals surface area contributed by atoms with Gasteiger partial charge in [0.1, 0.15) is 6.61 Å². The van der Waals surface area contributed by atoms with Gasteiger partial charge in [0.05, 0.1) is 18.4 Å². The van der Waals surface area contributed by atoms with Gasteiger partial charge in [-0.3, -0.25) is 9.36 Å². The van der Waals surface area contributed by atoms with Gasteiger partial charge in [-0.15, -0.1) is 0 Å². The van der Waals surface area contributed by atoms with E-state index in [4.69, 9.17) is 21.1 Å². The fourth-order valence-electron chi connectivity index (χ4n) is 2.76. The van der Waals surface area contributed by atoms with Crippen LogP contribution in [0.2, 0.25) is 5.02 Å². The molecule has 0 aliphatic carbocycles. The van der Waals surface area contributed by atoms with Crippen LogP contribution in [-0.4, -0.2) is 29.0 Å². The molecule has 1 N–H and O–H groups in total. The summed E-state index contributed by atoms with van der Waals surface area (Å²) in [7, 11) is 1.53. The van der Waals surface area contributed by atoms with Gasteiger partial charge in [0.2, 0.25) is 0 Å². The van der Waals surface area contributed by atoms with E-state index in [1.54, 1.807) is 44.3 Å². The minimum absolute atomic E-state index is 0.122. The van der Waals surface area contributed by atoms with Gasteiger partial charge in [-0.1, -0.05) is 35.9 Å². The van der Waals surface area contributed by atoms with E-state index in [-0.39, 0.29) is 12.2 Å². The van der Waals surface area contributed by atoms with Gasteiger partial charge in [0.15, 0.2) is 11.5 Å². The average molecular weight is 426 g/mol. The second-order valence-electron chi connectivity index (χ2n) is 7.49. The van der Waals surface area contributed by atoms with Gasteiger partial charge >= 0.3 is 0 Å². The summed E-state index contributed by atoms with van der Waals surface area (Å²) < 4.78 is 12.6. The molecule has 1 heterocycles. The van der Waals surface area contributed by atoms with Crippen LogP contribution in [0.1, 0.15) is 25.0 Å². The smallest absolute Gasteiger partial charge is 0.255 e. The fourth-order valence-corrected chi connectivity index (χ4v) is 2.88. The van der Waals surface area contributed by atoms with Crippen LogP contribution < -0.4 is 15.0 Å². The number of nitrogens with zero attached hydrogens (tertiary/aromatic N) is 1. The molecule has 0 amide bonds. The van der Waals surface area contributed by atoms with E-state index in [1.807, 2.05) is 42.5 Å². The molecule has 30 heavy (non-hydrogen) atoms. The molecule has 0 saturated heterocycles. The molecule has 0 spiro atoms. The molecular weight excluding hydrogens is 402 g/mol. The maximum atomic E-state index is 12.6. The Morgan fingerprint density at radius 1 is 1.00 bits per heavy atom. The summed E-state index contributed by atoms with van der Waals surface area (Å²) in [6.45, 7) is 3.45. The third-order valence-electron chi connectivity index (χ3n) is 4.29. The molecule has 0 bridgehead atoms. The largest absolute Gasteiger partial charge is 0.493 e. The van der Waals surface area contributed by atoms with E-state index < -0.39 is 5.60 Å². The number of aliphatic hydroxyl groups is 1. The third kappa shape index (κ3) is 5.75. The van der Waals surface area contributed by atoms with Crippen molar-refractivity contribution in [3.63, 3.8) is 0 Å². The zero-order valence-corrected chi connectivity index (χ0v) is 17.9. The van der Waals surface area contributed by atoms with Gasteiger partial charge in [0, 0.05) is 23.4 Å². The molecule has 0 atom stereocenters. The number of ether oxygens (including phenoxy) is 2. The predicted octanol–water partition coefficient (Wildman–Crippen LogP) is 4.82. The van der Waals surface area contributed by atoms with Crippen molar-refractivity contribution in [1.82, 2.24) is 4.57 Å². The number of rotatable bonds is 7. The maximum absolute atomic E-state index is 12.6. The minimum atomic E-state index is -0.962. The summed E-state index contributed by atoms with van der Waals surface area (Å²) in [6, 6.07) is 16.1. The number of benzene rings is 2. The van der Waals surface area contributed by atoms with E-state index in [1.165, 1.54) is 11.7 Å². The summed E-state index contributed by atoms with van der Waals surface area (Å²) in [6.07, 6.45) is 5.52. The molecule has 0 aliphatic rings. The summed E-state index contributed by atoms with van der Waals surface area (Å²) >= 11 is 5.90. The van der Waals surface area contributed by atoms with Crippen LogP contribution in [0, 0.1) is 0 Å². The van der Waals surface area contributed by atoms with Gasteiger partial charge in [-0.2, -0.15) is 0 Å². The summed E-state index contributed by atoms with van der Waals surface area (Å²) in [5.74, 6) is 0.981.